The quantitative estimate of drug-likeness (QED) is 0.689. The Hall–Kier alpha value is -1.26. The van der Waals surface area contributed by atoms with Crippen LogP contribution in [0.4, 0.5) is 0 Å². The zero-order valence-corrected chi connectivity index (χ0v) is 13.1. The number of amides is 1. The predicted molar refractivity (Wildman–Crippen MR) is 85.0 cm³/mol. The molecule has 0 unspecified atom stereocenters. The van der Waals surface area contributed by atoms with E-state index in [-0.39, 0.29) is 18.3 Å². The number of unbranched alkanes of at least 4 members (excludes halogenated alkanes) is 1. The number of nitrogens with one attached hydrogen (secondary N) is 2. The number of benzene rings is 1. The van der Waals surface area contributed by atoms with Crippen LogP contribution in [0, 0.1) is 0 Å². The molecule has 0 heterocycles. The van der Waals surface area contributed by atoms with Crippen LogP contribution in [0.1, 0.15) is 36.5 Å². The van der Waals surface area contributed by atoms with Gasteiger partial charge in [0.15, 0.2) is 0 Å². The van der Waals surface area contributed by atoms with Crippen molar-refractivity contribution in [3.8, 4) is 5.75 Å². The SMILES string of the molecule is CCCCOc1ccc(C(=O)NCCCNC)cc1.Cl. The fourth-order valence-electron chi connectivity index (χ4n) is 1.61. The third-order valence-corrected chi connectivity index (χ3v) is 2.77. The molecule has 1 aromatic rings. The second-order valence-electron chi connectivity index (χ2n) is 4.44. The Morgan fingerprint density at radius 3 is 2.45 bits per heavy atom. The number of carbonyl (C=O) groups is 1. The molecule has 0 aromatic heterocycles. The smallest absolute Gasteiger partial charge is 0.251 e. The normalized spacial score (nSPS) is 9.70. The van der Waals surface area contributed by atoms with E-state index in [2.05, 4.69) is 17.6 Å². The van der Waals surface area contributed by atoms with Gasteiger partial charge in [-0.2, -0.15) is 0 Å². The first-order valence-electron chi connectivity index (χ1n) is 6.93. The number of rotatable bonds is 9. The van der Waals surface area contributed by atoms with Gasteiger partial charge in [-0.25, -0.2) is 0 Å². The lowest BCUT2D eigenvalue weighted by Crippen LogP contribution is -2.26. The van der Waals surface area contributed by atoms with E-state index in [0.717, 1.165) is 38.2 Å². The average Bonchev–Trinajstić information content (AvgIpc) is 2.44. The van der Waals surface area contributed by atoms with Gasteiger partial charge in [0.1, 0.15) is 5.75 Å². The number of hydrogen-bond acceptors (Lipinski definition) is 3. The first kappa shape index (κ1) is 18.7. The van der Waals surface area contributed by atoms with Gasteiger partial charge in [0.05, 0.1) is 6.61 Å². The topological polar surface area (TPSA) is 50.4 Å². The maximum atomic E-state index is 11.8. The van der Waals surface area contributed by atoms with E-state index in [0.29, 0.717) is 12.1 Å². The summed E-state index contributed by atoms with van der Waals surface area (Å²) in [6.45, 7) is 4.45. The largest absolute Gasteiger partial charge is 0.494 e. The molecular formula is C15H25ClN2O2. The Kier molecular flexibility index (Phi) is 10.8. The fourth-order valence-corrected chi connectivity index (χ4v) is 1.61. The summed E-state index contributed by atoms with van der Waals surface area (Å²) in [4.78, 5) is 11.8. The third-order valence-electron chi connectivity index (χ3n) is 2.77. The first-order chi connectivity index (χ1) is 9.27. The lowest BCUT2D eigenvalue weighted by molar-refractivity contribution is 0.0953. The summed E-state index contributed by atoms with van der Waals surface area (Å²) in [5.74, 6) is 0.788. The zero-order chi connectivity index (χ0) is 13.9. The van der Waals surface area contributed by atoms with E-state index in [9.17, 15) is 4.79 Å². The molecule has 0 spiro atoms. The molecule has 1 aromatic carbocycles. The van der Waals surface area contributed by atoms with Crippen molar-refractivity contribution in [2.24, 2.45) is 0 Å². The van der Waals surface area contributed by atoms with Gasteiger partial charge in [0, 0.05) is 12.1 Å². The minimum absolute atomic E-state index is 0. The summed E-state index contributed by atoms with van der Waals surface area (Å²) >= 11 is 0. The van der Waals surface area contributed by atoms with Crippen molar-refractivity contribution in [1.82, 2.24) is 10.6 Å². The molecule has 0 atom stereocenters. The van der Waals surface area contributed by atoms with Gasteiger partial charge >= 0.3 is 0 Å². The Morgan fingerprint density at radius 1 is 1.15 bits per heavy atom. The molecule has 114 valence electrons. The van der Waals surface area contributed by atoms with Gasteiger partial charge < -0.3 is 15.4 Å². The molecule has 0 radical (unpaired) electrons. The molecule has 1 rings (SSSR count). The fraction of sp³-hybridized carbons (Fsp3) is 0.533. The summed E-state index contributed by atoms with van der Waals surface area (Å²) in [5, 5.41) is 5.93. The summed E-state index contributed by atoms with van der Waals surface area (Å²) in [5.41, 5.74) is 0.673. The maximum Gasteiger partial charge on any atom is 0.251 e. The molecule has 20 heavy (non-hydrogen) atoms. The van der Waals surface area contributed by atoms with Crippen molar-refractivity contribution < 1.29 is 9.53 Å². The van der Waals surface area contributed by atoms with E-state index in [1.165, 1.54) is 0 Å². The second kappa shape index (κ2) is 11.6. The van der Waals surface area contributed by atoms with Gasteiger partial charge in [-0.1, -0.05) is 13.3 Å². The summed E-state index contributed by atoms with van der Waals surface area (Å²) in [6.07, 6.45) is 3.10. The van der Waals surface area contributed by atoms with Crippen LogP contribution in [-0.2, 0) is 0 Å². The molecule has 1 amide bonds. The van der Waals surface area contributed by atoms with Crippen molar-refractivity contribution in [3.63, 3.8) is 0 Å². The molecule has 0 saturated carbocycles. The van der Waals surface area contributed by atoms with Gasteiger partial charge in [0.25, 0.3) is 5.91 Å². The van der Waals surface area contributed by atoms with Crippen LogP contribution in [-0.4, -0.2) is 32.7 Å². The maximum absolute atomic E-state index is 11.8. The zero-order valence-electron chi connectivity index (χ0n) is 12.3. The summed E-state index contributed by atoms with van der Waals surface area (Å²) < 4.78 is 5.55. The Bertz CT molecular complexity index is 369. The van der Waals surface area contributed by atoms with E-state index >= 15 is 0 Å². The van der Waals surface area contributed by atoms with Crippen molar-refractivity contribution in [2.75, 3.05) is 26.7 Å². The number of carbonyl (C=O) groups excluding carboxylic acids is 1. The standard InChI is InChI=1S/C15H24N2O2.ClH/c1-3-4-12-19-14-8-6-13(7-9-14)15(18)17-11-5-10-16-2;/h6-9,16H,3-5,10-12H2,1-2H3,(H,17,18);1H. The van der Waals surface area contributed by atoms with Crippen LogP contribution in [0.15, 0.2) is 24.3 Å². The summed E-state index contributed by atoms with van der Waals surface area (Å²) in [6, 6.07) is 7.29. The van der Waals surface area contributed by atoms with Crippen LogP contribution in [0.25, 0.3) is 0 Å². The second-order valence-corrected chi connectivity index (χ2v) is 4.44. The van der Waals surface area contributed by atoms with Crippen molar-refractivity contribution in [3.05, 3.63) is 29.8 Å². The highest BCUT2D eigenvalue weighted by molar-refractivity contribution is 5.94. The molecule has 0 fully saturated rings. The van der Waals surface area contributed by atoms with E-state index in [1.807, 2.05) is 19.2 Å². The van der Waals surface area contributed by atoms with Gasteiger partial charge in [0.2, 0.25) is 0 Å². The molecule has 0 saturated heterocycles. The predicted octanol–water partition coefficient (Wildman–Crippen LogP) is 2.63. The lowest BCUT2D eigenvalue weighted by Gasteiger charge is -2.07. The molecule has 2 N–H and O–H groups in total. The molecular weight excluding hydrogens is 276 g/mol. The highest BCUT2D eigenvalue weighted by Gasteiger charge is 2.04. The van der Waals surface area contributed by atoms with Gasteiger partial charge in [-0.15, -0.1) is 12.4 Å². The first-order valence-corrected chi connectivity index (χ1v) is 6.93. The highest BCUT2D eigenvalue weighted by Crippen LogP contribution is 2.12. The van der Waals surface area contributed by atoms with Gasteiger partial charge in [-0.05, 0) is 50.7 Å². The minimum Gasteiger partial charge on any atom is -0.494 e. The molecule has 0 aliphatic heterocycles. The van der Waals surface area contributed by atoms with Crippen molar-refractivity contribution >= 4 is 18.3 Å². The van der Waals surface area contributed by atoms with Crippen LogP contribution >= 0.6 is 12.4 Å². The van der Waals surface area contributed by atoms with Crippen LogP contribution in [0.2, 0.25) is 0 Å². The number of halogens is 1. The molecule has 0 bridgehead atoms. The monoisotopic (exact) mass is 300 g/mol. The van der Waals surface area contributed by atoms with Gasteiger partial charge in [-0.3, -0.25) is 4.79 Å². The molecule has 0 aliphatic rings. The number of hydrogen-bond donors (Lipinski definition) is 2. The van der Waals surface area contributed by atoms with Crippen molar-refractivity contribution in [1.29, 1.82) is 0 Å². The Balaban J connectivity index is 0.00000361. The van der Waals surface area contributed by atoms with E-state index in [4.69, 9.17) is 4.74 Å². The summed E-state index contributed by atoms with van der Waals surface area (Å²) in [7, 11) is 1.90. The van der Waals surface area contributed by atoms with Crippen molar-refractivity contribution in [2.45, 2.75) is 26.2 Å². The van der Waals surface area contributed by atoms with Crippen LogP contribution in [0.3, 0.4) is 0 Å². The van der Waals surface area contributed by atoms with E-state index < -0.39 is 0 Å². The molecule has 0 aliphatic carbocycles. The van der Waals surface area contributed by atoms with Crippen LogP contribution in [0.5, 0.6) is 5.75 Å². The number of ether oxygens (including phenoxy) is 1. The van der Waals surface area contributed by atoms with E-state index in [1.54, 1.807) is 12.1 Å². The highest BCUT2D eigenvalue weighted by atomic mass is 35.5. The Morgan fingerprint density at radius 2 is 1.85 bits per heavy atom. The minimum atomic E-state index is -0.0313. The van der Waals surface area contributed by atoms with Crippen LogP contribution < -0.4 is 15.4 Å². The molecule has 5 heteroatoms. The molecule has 4 nitrogen and oxygen atoms in total. The lowest BCUT2D eigenvalue weighted by atomic mass is 10.2. The average molecular weight is 301 g/mol. The Labute approximate surface area is 127 Å². The third kappa shape index (κ3) is 7.36.